The molecule has 0 amide bonds. The number of ether oxygens (including phenoxy) is 1. The average molecular weight is 318 g/mol. The van der Waals surface area contributed by atoms with Crippen LogP contribution in [0.2, 0.25) is 0 Å². The van der Waals surface area contributed by atoms with Crippen LogP contribution in [0.5, 0.6) is 5.75 Å². The number of fused-ring (bicyclic) bond motifs is 1. The highest BCUT2D eigenvalue weighted by atomic mass is 32.2. The van der Waals surface area contributed by atoms with Gasteiger partial charge in [-0.25, -0.2) is 13.1 Å². The third kappa shape index (κ3) is 4.20. The Morgan fingerprint density at radius 2 is 2.00 bits per heavy atom. The topological polar surface area (TPSA) is 68.3 Å². The SMILES string of the molecule is CC(C)S(=O)(=O)NCC#CCOc1cccc2cccnc12. The van der Waals surface area contributed by atoms with E-state index in [1.807, 2.05) is 30.3 Å². The Hall–Kier alpha value is -2.10. The van der Waals surface area contributed by atoms with Crippen molar-refractivity contribution in [2.24, 2.45) is 0 Å². The van der Waals surface area contributed by atoms with Gasteiger partial charge in [0, 0.05) is 11.6 Å². The van der Waals surface area contributed by atoms with E-state index in [4.69, 9.17) is 4.74 Å². The number of rotatable bonds is 5. The second-order valence-electron chi connectivity index (χ2n) is 4.89. The molecule has 5 nitrogen and oxygen atoms in total. The highest BCUT2D eigenvalue weighted by Crippen LogP contribution is 2.22. The molecule has 1 aromatic heterocycles. The third-order valence-electron chi connectivity index (χ3n) is 3.00. The van der Waals surface area contributed by atoms with Gasteiger partial charge in [0.1, 0.15) is 17.9 Å². The number of pyridine rings is 1. The van der Waals surface area contributed by atoms with Crippen LogP contribution in [0, 0.1) is 11.8 Å². The zero-order valence-corrected chi connectivity index (χ0v) is 13.4. The summed E-state index contributed by atoms with van der Waals surface area (Å²) >= 11 is 0. The summed E-state index contributed by atoms with van der Waals surface area (Å²) < 4.78 is 31.0. The summed E-state index contributed by atoms with van der Waals surface area (Å²) in [6.45, 7) is 3.50. The number of aromatic nitrogens is 1. The molecule has 2 aromatic rings. The standard InChI is InChI=1S/C16H18N2O3S/c1-13(2)22(19,20)18-11-3-4-12-21-15-9-5-7-14-8-6-10-17-16(14)15/h5-10,13,18H,11-12H2,1-2H3. The normalized spacial score (nSPS) is 11.2. The fourth-order valence-electron chi connectivity index (χ4n) is 1.72. The van der Waals surface area contributed by atoms with E-state index in [0.717, 1.165) is 10.9 Å². The lowest BCUT2D eigenvalue weighted by molar-refractivity contribution is 0.374. The number of nitrogens with zero attached hydrogens (tertiary/aromatic N) is 1. The van der Waals surface area contributed by atoms with Crippen molar-refractivity contribution in [2.75, 3.05) is 13.2 Å². The number of nitrogens with one attached hydrogen (secondary N) is 1. The fourth-order valence-corrected chi connectivity index (χ4v) is 2.33. The van der Waals surface area contributed by atoms with Gasteiger partial charge in [-0.05, 0) is 26.0 Å². The van der Waals surface area contributed by atoms with E-state index in [9.17, 15) is 8.42 Å². The second-order valence-corrected chi connectivity index (χ2v) is 7.21. The second kappa shape index (κ2) is 7.25. The molecule has 0 saturated carbocycles. The van der Waals surface area contributed by atoms with Crippen molar-refractivity contribution in [1.82, 2.24) is 9.71 Å². The molecule has 0 spiro atoms. The van der Waals surface area contributed by atoms with Crippen LogP contribution in [-0.2, 0) is 10.0 Å². The highest BCUT2D eigenvalue weighted by Gasteiger charge is 2.13. The van der Waals surface area contributed by atoms with Crippen molar-refractivity contribution in [3.8, 4) is 17.6 Å². The molecule has 0 aliphatic heterocycles. The predicted molar refractivity (Wildman–Crippen MR) is 87.1 cm³/mol. The molecule has 1 heterocycles. The van der Waals surface area contributed by atoms with Crippen LogP contribution < -0.4 is 9.46 Å². The van der Waals surface area contributed by atoms with Crippen LogP contribution in [-0.4, -0.2) is 31.8 Å². The lowest BCUT2D eigenvalue weighted by atomic mass is 10.2. The Bertz CT molecular complexity index is 799. The summed E-state index contributed by atoms with van der Waals surface area (Å²) in [7, 11) is -3.27. The van der Waals surface area contributed by atoms with Crippen molar-refractivity contribution in [3.05, 3.63) is 36.5 Å². The molecular weight excluding hydrogens is 300 g/mol. The van der Waals surface area contributed by atoms with Crippen LogP contribution in [0.1, 0.15) is 13.8 Å². The van der Waals surface area contributed by atoms with Crippen LogP contribution in [0.25, 0.3) is 10.9 Å². The van der Waals surface area contributed by atoms with Crippen molar-refractivity contribution >= 4 is 20.9 Å². The molecule has 0 unspecified atom stereocenters. The third-order valence-corrected chi connectivity index (χ3v) is 4.79. The van der Waals surface area contributed by atoms with Crippen LogP contribution in [0.4, 0.5) is 0 Å². The van der Waals surface area contributed by atoms with E-state index >= 15 is 0 Å². The molecule has 1 aromatic carbocycles. The predicted octanol–water partition coefficient (Wildman–Crippen LogP) is 1.94. The van der Waals surface area contributed by atoms with Gasteiger partial charge in [-0.15, -0.1) is 0 Å². The lowest BCUT2D eigenvalue weighted by Gasteiger charge is -2.06. The highest BCUT2D eigenvalue weighted by molar-refractivity contribution is 7.90. The maximum atomic E-state index is 11.5. The Kier molecular flexibility index (Phi) is 5.36. The van der Waals surface area contributed by atoms with Crippen LogP contribution in [0.15, 0.2) is 36.5 Å². The van der Waals surface area contributed by atoms with Crippen molar-refractivity contribution < 1.29 is 13.2 Å². The number of para-hydroxylation sites is 1. The van der Waals surface area contributed by atoms with E-state index in [0.29, 0.717) is 5.75 Å². The van der Waals surface area contributed by atoms with Crippen molar-refractivity contribution in [3.63, 3.8) is 0 Å². The number of benzene rings is 1. The smallest absolute Gasteiger partial charge is 0.214 e. The first-order valence-corrected chi connectivity index (χ1v) is 8.46. The number of sulfonamides is 1. The molecule has 0 atom stereocenters. The van der Waals surface area contributed by atoms with Crippen LogP contribution in [0.3, 0.4) is 0 Å². The largest absolute Gasteiger partial charge is 0.479 e. The zero-order chi connectivity index (χ0) is 16.0. The maximum Gasteiger partial charge on any atom is 0.214 e. The number of hydrogen-bond acceptors (Lipinski definition) is 4. The monoisotopic (exact) mass is 318 g/mol. The van der Waals surface area contributed by atoms with Gasteiger partial charge in [0.2, 0.25) is 10.0 Å². The van der Waals surface area contributed by atoms with Gasteiger partial charge < -0.3 is 4.74 Å². The first-order valence-electron chi connectivity index (χ1n) is 6.91. The van der Waals surface area contributed by atoms with Gasteiger partial charge in [0.05, 0.1) is 11.8 Å². The molecule has 0 aliphatic carbocycles. The molecule has 0 radical (unpaired) electrons. The van der Waals surface area contributed by atoms with E-state index in [-0.39, 0.29) is 13.2 Å². The van der Waals surface area contributed by atoms with Gasteiger partial charge >= 0.3 is 0 Å². The van der Waals surface area contributed by atoms with Gasteiger partial charge in [-0.1, -0.05) is 30.0 Å². The van der Waals surface area contributed by atoms with E-state index in [1.165, 1.54) is 0 Å². The molecule has 22 heavy (non-hydrogen) atoms. The minimum atomic E-state index is -3.27. The summed E-state index contributed by atoms with van der Waals surface area (Å²) in [5.74, 6) is 6.17. The first-order chi connectivity index (χ1) is 10.5. The molecule has 0 bridgehead atoms. The molecular formula is C16H18N2O3S. The minimum Gasteiger partial charge on any atom is -0.479 e. The molecule has 116 valence electrons. The van der Waals surface area contributed by atoms with E-state index in [1.54, 1.807) is 20.0 Å². The maximum absolute atomic E-state index is 11.5. The van der Waals surface area contributed by atoms with Crippen LogP contribution >= 0.6 is 0 Å². The summed E-state index contributed by atoms with van der Waals surface area (Å²) in [6, 6.07) is 9.51. The average Bonchev–Trinajstić information content (AvgIpc) is 2.50. The Morgan fingerprint density at radius 3 is 2.77 bits per heavy atom. The van der Waals surface area contributed by atoms with E-state index in [2.05, 4.69) is 21.5 Å². The van der Waals surface area contributed by atoms with E-state index < -0.39 is 15.3 Å². The van der Waals surface area contributed by atoms with Crippen molar-refractivity contribution in [1.29, 1.82) is 0 Å². The molecule has 0 fully saturated rings. The zero-order valence-electron chi connectivity index (χ0n) is 12.5. The Morgan fingerprint density at radius 1 is 1.23 bits per heavy atom. The van der Waals surface area contributed by atoms with Gasteiger partial charge in [-0.3, -0.25) is 4.98 Å². The lowest BCUT2D eigenvalue weighted by Crippen LogP contribution is -2.31. The Labute approximate surface area is 130 Å². The summed E-state index contributed by atoms with van der Waals surface area (Å²) in [5, 5.41) is 0.532. The molecule has 6 heteroatoms. The molecule has 0 aliphatic rings. The number of hydrogen-bond donors (Lipinski definition) is 1. The van der Waals surface area contributed by atoms with Crippen molar-refractivity contribution in [2.45, 2.75) is 19.1 Å². The minimum absolute atomic E-state index is 0.0810. The fraction of sp³-hybridized carbons (Fsp3) is 0.312. The first kappa shape index (κ1) is 16.3. The summed E-state index contributed by atoms with van der Waals surface area (Å²) in [4.78, 5) is 4.28. The Balaban J connectivity index is 1.91. The molecule has 2 rings (SSSR count). The summed E-state index contributed by atoms with van der Waals surface area (Å²) in [6.07, 6.45) is 1.71. The summed E-state index contributed by atoms with van der Waals surface area (Å²) in [5.41, 5.74) is 0.785. The van der Waals surface area contributed by atoms with Gasteiger partial charge in [0.15, 0.2) is 0 Å². The molecule has 0 saturated heterocycles. The van der Waals surface area contributed by atoms with Gasteiger partial charge in [-0.2, -0.15) is 0 Å². The molecule has 1 N–H and O–H groups in total. The van der Waals surface area contributed by atoms with Gasteiger partial charge in [0.25, 0.3) is 0 Å². The quantitative estimate of drug-likeness (QED) is 0.856.